The Hall–Kier alpha value is -2.45. The number of ether oxygens (including phenoxy) is 1. The molecular formula is C25H24BrClFN3O3. The van der Waals surface area contributed by atoms with Crippen LogP contribution < -0.4 is 15.1 Å². The minimum Gasteiger partial charge on any atom is -0.492 e. The monoisotopic (exact) mass is 547 g/mol. The fourth-order valence-electron chi connectivity index (χ4n) is 5.27. The number of halogens is 3. The first kappa shape index (κ1) is 23.3. The Labute approximate surface area is 210 Å². The Morgan fingerprint density at radius 1 is 1.32 bits per heavy atom. The van der Waals surface area contributed by atoms with E-state index in [2.05, 4.69) is 26.3 Å². The number of hydrazone groups is 1. The first-order valence-electron chi connectivity index (χ1n) is 11.5. The quantitative estimate of drug-likeness (QED) is 0.537. The Morgan fingerprint density at radius 2 is 2.09 bits per heavy atom. The lowest BCUT2D eigenvalue weighted by molar-refractivity contribution is -0.125. The van der Waals surface area contributed by atoms with Crippen molar-refractivity contribution in [3.8, 4) is 5.75 Å². The maximum Gasteiger partial charge on any atom is 0.259 e. The number of carbonyl (C=O) groups excluding carboxylic acids is 2. The molecule has 0 atom stereocenters. The Kier molecular flexibility index (Phi) is 6.14. The van der Waals surface area contributed by atoms with Crippen molar-refractivity contribution in [1.29, 1.82) is 0 Å². The second-order valence-corrected chi connectivity index (χ2v) is 10.3. The molecule has 1 aliphatic carbocycles. The van der Waals surface area contributed by atoms with Crippen LogP contribution in [0, 0.1) is 11.2 Å². The Balaban J connectivity index is 1.31. The predicted octanol–water partition coefficient (Wildman–Crippen LogP) is 5.65. The van der Waals surface area contributed by atoms with Crippen molar-refractivity contribution in [3.63, 3.8) is 0 Å². The zero-order valence-corrected chi connectivity index (χ0v) is 21.0. The normalized spacial score (nSPS) is 23.6. The van der Waals surface area contributed by atoms with Crippen molar-refractivity contribution >= 4 is 50.7 Å². The summed E-state index contributed by atoms with van der Waals surface area (Å²) in [5.74, 6) is -0.109. The van der Waals surface area contributed by atoms with Crippen molar-refractivity contribution in [2.45, 2.75) is 51.5 Å². The Bertz CT molecular complexity index is 1210. The molecule has 2 amide bonds. The molecule has 9 heteroatoms. The second kappa shape index (κ2) is 8.96. The highest BCUT2D eigenvalue weighted by Crippen LogP contribution is 2.46. The number of carbonyl (C=O) groups is 2. The number of fused-ring (bicyclic) bond motifs is 1. The lowest BCUT2D eigenvalue weighted by Gasteiger charge is -2.36. The van der Waals surface area contributed by atoms with Crippen molar-refractivity contribution in [3.05, 3.63) is 56.8 Å². The molecule has 3 aliphatic rings. The van der Waals surface area contributed by atoms with E-state index in [4.69, 9.17) is 16.3 Å². The SMILES string of the molecule is CCC1=NN(c2ccc(F)cc2Cl)C(=O)[C@]12CC[C@H](NC(=O)c1cc(Br)cc3c1OCC3)CC2. The third kappa shape index (κ3) is 3.90. The molecule has 0 aromatic heterocycles. The van der Waals surface area contributed by atoms with Crippen LogP contribution in [-0.2, 0) is 11.2 Å². The van der Waals surface area contributed by atoms with Crippen LogP contribution in [0.25, 0.3) is 0 Å². The number of amides is 2. The molecule has 6 nitrogen and oxygen atoms in total. The average Bonchev–Trinajstić information content (AvgIpc) is 3.38. The van der Waals surface area contributed by atoms with Gasteiger partial charge in [0.25, 0.3) is 11.8 Å². The summed E-state index contributed by atoms with van der Waals surface area (Å²) in [7, 11) is 0. The van der Waals surface area contributed by atoms with Crippen LogP contribution in [0.2, 0.25) is 5.02 Å². The van der Waals surface area contributed by atoms with E-state index in [0.717, 1.165) is 22.2 Å². The van der Waals surface area contributed by atoms with Crippen molar-refractivity contribution in [2.75, 3.05) is 11.6 Å². The van der Waals surface area contributed by atoms with E-state index in [-0.39, 0.29) is 22.9 Å². The van der Waals surface area contributed by atoms with Crippen LogP contribution in [0.3, 0.4) is 0 Å². The third-order valence-electron chi connectivity index (χ3n) is 7.02. The van der Waals surface area contributed by atoms with Crippen molar-refractivity contribution in [2.24, 2.45) is 10.5 Å². The molecule has 2 aliphatic heterocycles. The van der Waals surface area contributed by atoms with Crippen LogP contribution in [0.4, 0.5) is 10.1 Å². The summed E-state index contributed by atoms with van der Waals surface area (Å²) in [5.41, 5.74) is 2.04. The van der Waals surface area contributed by atoms with Crippen LogP contribution in [0.1, 0.15) is 54.9 Å². The fourth-order valence-corrected chi connectivity index (χ4v) is 6.02. The van der Waals surface area contributed by atoms with E-state index in [1.807, 2.05) is 13.0 Å². The van der Waals surface area contributed by atoms with E-state index in [0.29, 0.717) is 55.7 Å². The molecule has 0 saturated heterocycles. The lowest BCUT2D eigenvalue weighted by Crippen LogP contribution is -2.47. The minimum atomic E-state index is -0.714. The highest BCUT2D eigenvalue weighted by molar-refractivity contribution is 9.10. The molecule has 5 rings (SSSR count). The number of nitrogens with zero attached hydrogens (tertiary/aromatic N) is 2. The van der Waals surface area contributed by atoms with Gasteiger partial charge in [0.1, 0.15) is 11.6 Å². The van der Waals surface area contributed by atoms with Crippen molar-refractivity contribution < 1.29 is 18.7 Å². The van der Waals surface area contributed by atoms with Crippen LogP contribution in [-0.4, -0.2) is 30.2 Å². The first-order valence-corrected chi connectivity index (χ1v) is 12.6. The van der Waals surface area contributed by atoms with Gasteiger partial charge in [0.2, 0.25) is 0 Å². The van der Waals surface area contributed by atoms with Crippen molar-refractivity contribution in [1.82, 2.24) is 5.32 Å². The molecule has 0 radical (unpaired) electrons. The molecule has 1 fully saturated rings. The van der Waals surface area contributed by atoms with Gasteiger partial charge in [-0.15, -0.1) is 0 Å². The number of nitrogens with one attached hydrogen (secondary N) is 1. The highest BCUT2D eigenvalue weighted by Gasteiger charge is 2.52. The molecule has 178 valence electrons. The zero-order valence-electron chi connectivity index (χ0n) is 18.7. The molecule has 2 aromatic rings. The summed E-state index contributed by atoms with van der Waals surface area (Å²) in [6, 6.07) is 7.66. The number of rotatable bonds is 4. The van der Waals surface area contributed by atoms with Gasteiger partial charge in [-0.3, -0.25) is 9.59 Å². The summed E-state index contributed by atoms with van der Waals surface area (Å²) < 4.78 is 20.1. The summed E-state index contributed by atoms with van der Waals surface area (Å²) in [5, 5.41) is 9.20. The number of benzene rings is 2. The molecular weight excluding hydrogens is 525 g/mol. The number of hydrogen-bond acceptors (Lipinski definition) is 4. The van der Waals surface area contributed by atoms with Gasteiger partial charge >= 0.3 is 0 Å². The van der Waals surface area contributed by atoms with E-state index in [1.165, 1.54) is 23.2 Å². The standard InChI is InChI=1S/C25H24BrClFN3O3/c1-2-21-25(24(33)31(30-21)20-4-3-16(28)13-19(20)27)8-5-17(6-9-25)29-23(32)18-12-15(26)11-14-7-10-34-22(14)18/h3-4,11-13,17H,2,5-10H2,1H3,(H,29,32)/t17-,25-. The molecule has 2 heterocycles. The average molecular weight is 549 g/mol. The number of hydrogen-bond donors (Lipinski definition) is 1. The van der Waals surface area contributed by atoms with Gasteiger partial charge in [0.15, 0.2) is 0 Å². The fraction of sp³-hybridized carbons (Fsp3) is 0.400. The van der Waals surface area contributed by atoms with E-state index >= 15 is 0 Å². The largest absolute Gasteiger partial charge is 0.492 e. The summed E-state index contributed by atoms with van der Waals surface area (Å²) >= 11 is 9.70. The Morgan fingerprint density at radius 3 is 2.79 bits per heavy atom. The van der Waals surface area contributed by atoms with Gasteiger partial charge in [0.05, 0.1) is 34.0 Å². The van der Waals surface area contributed by atoms with E-state index in [1.54, 1.807) is 6.07 Å². The second-order valence-electron chi connectivity index (χ2n) is 8.98. The molecule has 0 bridgehead atoms. The van der Waals surface area contributed by atoms with Gasteiger partial charge < -0.3 is 10.1 Å². The molecule has 0 unspecified atom stereocenters. The van der Waals surface area contributed by atoms with E-state index < -0.39 is 11.2 Å². The van der Waals surface area contributed by atoms with Crippen LogP contribution in [0.5, 0.6) is 5.75 Å². The van der Waals surface area contributed by atoms with Gasteiger partial charge in [-0.25, -0.2) is 4.39 Å². The van der Waals surface area contributed by atoms with Gasteiger partial charge in [-0.05, 0) is 68.0 Å². The summed E-state index contributed by atoms with van der Waals surface area (Å²) in [6.07, 6.45) is 3.87. The topological polar surface area (TPSA) is 71.0 Å². The first-order chi connectivity index (χ1) is 16.3. The highest BCUT2D eigenvalue weighted by atomic mass is 79.9. The minimum absolute atomic E-state index is 0.0523. The molecule has 1 spiro atoms. The molecule has 1 saturated carbocycles. The third-order valence-corrected chi connectivity index (χ3v) is 7.78. The van der Waals surface area contributed by atoms with Crippen LogP contribution in [0.15, 0.2) is 39.9 Å². The molecule has 34 heavy (non-hydrogen) atoms. The van der Waals surface area contributed by atoms with Gasteiger partial charge in [-0.1, -0.05) is 34.5 Å². The summed E-state index contributed by atoms with van der Waals surface area (Å²) in [6.45, 7) is 2.55. The van der Waals surface area contributed by atoms with Crippen LogP contribution >= 0.6 is 27.5 Å². The molecule has 1 N–H and O–H groups in total. The zero-order chi connectivity index (χ0) is 24.0. The van der Waals surface area contributed by atoms with Gasteiger partial charge in [-0.2, -0.15) is 10.1 Å². The number of anilines is 1. The van der Waals surface area contributed by atoms with Gasteiger partial charge in [0, 0.05) is 16.9 Å². The molecule has 2 aromatic carbocycles. The lowest BCUT2D eigenvalue weighted by atomic mass is 9.68. The predicted molar refractivity (Wildman–Crippen MR) is 132 cm³/mol. The summed E-state index contributed by atoms with van der Waals surface area (Å²) in [4.78, 5) is 26.6. The smallest absolute Gasteiger partial charge is 0.259 e. The maximum absolute atomic E-state index is 13.6. The maximum atomic E-state index is 13.6. The van der Waals surface area contributed by atoms with E-state index in [9.17, 15) is 14.0 Å².